The molecule has 0 saturated carbocycles. The summed E-state index contributed by atoms with van der Waals surface area (Å²) in [5.41, 5.74) is 2.33. The van der Waals surface area contributed by atoms with Crippen molar-refractivity contribution in [3.05, 3.63) is 78.1 Å². The molecule has 2 aromatic carbocycles. The summed E-state index contributed by atoms with van der Waals surface area (Å²) in [6, 6.07) is 18.7. The van der Waals surface area contributed by atoms with Gasteiger partial charge in [0, 0.05) is 19.1 Å². The molecular weight excluding hydrogens is 270 g/mol. The molecule has 2 nitrogen and oxygen atoms in total. The second-order valence-corrected chi connectivity index (χ2v) is 5.41. The van der Waals surface area contributed by atoms with Gasteiger partial charge in [-0.2, -0.15) is 4.57 Å². The molecule has 0 amide bonds. The molecule has 0 fully saturated rings. The Morgan fingerprint density at radius 1 is 0.955 bits per heavy atom. The Labute approximate surface area is 130 Å². The fourth-order valence-electron chi connectivity index (χ4n) is 2.52. The van der Waals surface area contributed by atoms with E-state index in [2.05, 4.69) is 54.6 Å². The molecule has 0 spiro atoms. The van der Waals surface area contributed by atoms with E-state index in [1.54, 1.807) is 6.92 Å². The molecule has 108 valence electrons. The molecule has 0 bridgehead atoms. The maximum atomic E-state index is 11.1. The van der Waals surface area contributed by atoms with E-state index in [1.165, 1.54) is 16.3 Å². The van der Waals surface area contributed by atoms with E-state index in [0.717, 1.165) is 5.56 Å². The number of carbonyl (C=O) groups is 1. The predicted molar refractivity (Wildman–Crippen MR) is 90.2 cm³/mol. The number of fused-ring (bicyclic) bond motifs is 1. The Kier molecular flexibility index (Phi) is 4.10. The van der Waals surface area contributed by atoms with Gasteiger partial charge in [0.2, 0.25) is 6.54 Å². The van der Waals surface area contributed by atoms with Crippen molar-refractivity contribution in [2.75, 3.05) is 0 Å². The maximum Gasteiger partial charge on any atom is 0.206 e. The molecule has 0 radical (unpaired) electrons. The molecule has 0 saturated heterocycles. The van der Waals surface area contributed by atoms with Gasteiger partial charge in [0.05, 0.1) is 0 Å². The van der Waals surface area contributed by atoms with Crippen LogP contribution in [0.2, 0.25) is 0 Å². The van der Waals surface area contributed by atoms with E-state index in [1.807, 2.05) is 29.1 Å². The highest BCUT2D eigenvalue weighted by molar-refractivity contribution is 5.92. The van der Waals surface area contributed by atoms with E-state index < -0.39 is 0 Å². The van der Waals surface area contributed by atoms with Crippen LogP contribution in [-0.4, -0.2) is 5.78 Å². The molecular formula is C20H18NO+. The maximum absolute atomic E-state index is 11.1. The van der Waals surface area contributed by atoms with Gasteiger partial charge in [0.25, 0.3) is 0 Å². The third kappa shape index (κ3) is 3.29. The quantitative estimate of drug-likeness (QED) is 0.667. The van der Waals surface area contributed by atoms with E-state index in [9.17, 15) is 4.79 Å². The van der Waals surface area contributed by atoms with Crippen LogP contribution in [0.15, 0.2) is 67.0 Å². The fourth-order valence-corrected chi connectivity index (χ4v) is 2.52. The molecule has 1 heterocycles. The highest BCUT2D eigenvalue weighted by Gasteiger charge is 2.03. The van der Waals surface area contributed by atoms with Crippen molar-refractivity contribution in [2.24, 2.45) is 0 Å². The first-order valence-electron chi connectivity index (χ1n) is 7.37. The minimum Gasteiger partial charge on any atom is -0.293 e. The molecule has 0 aliphatic rings. The van der Waals surface area contributed by atoms with Crippen LogP contribution < -0.4 is 4.57 Å². The summed E-state index contributed by atoms with van der Waals surface area (Å²) >= 11 is 0. The summed E-state index contributed by atoms with van der Waals surface area (Å²) in [5, 5.41) is 2.50. The first-order valence-corrected chi connectivity index (χ1v) is 7.37. The molecule has 0 aliphatic heterocycles. The van der Waals surface area contributed by atoms with Gasteiger partial charge in [-0.05, 0) is 21.9 Å². The second-order valence-electron chi connectivity index (χ2n) is 5.41. The van der Waals surface area contributed by atoms with Gasteiger partial charge in [-0.25, -0.2) is 0 Å². The summed E-state index contributed by atoms with van der Waals surface area (Å²) in [7, 11) is 0. The van der Waals surface area contributed by atoms with Gasteiger partial charge in [-0.15, -0.1) is 0 Å². The lowest BCUT2D eigenvalue weighted by Crippen LogP contribution is -2.36. The van der Waals surface area contributed by atoms with Crippen LogP contribution >= 0.6 is 0 Å². The SMILES string of the molecule is CC(=O)C[n+]1ccc(/C=C/c2cccc3ccccc23)cc1. The average molecular weight is 288 g/mol. The Morgan fingerprint density at radius 2 is 1.68 bits per heavy atom. The molecule has 0 N–H and O–H groups in total. The number of carbonyl (C=O) groups excluding carboxylic acids is 1. The monoisotopic (exact) mass is 288 g/mol. The van der Waals surface area contributed by atoms with Crippen LogP contribution in [0.1, 0.15) is 18.1 Å². The zero-order chi connectivity index (χ0) is 15.4. The van der Waals surface area contributed by atoms with E-state index >= 15 is 0 Å². The lowest BCUT2D eigenvalue weighted by atomic mass is 10.0. The minimum atomic E-state index is 0.157. The van der Waals surface area contributed by atoms with Crippen LogP contribution in [-0.2, 0) is 11.3 Å². The zero-order valence-electron chi connectivity index (χ0n) is 12.6. The smallest absolute Gasteiger partial charge is 0.206 e. The van der Waals surface area contributed by atoms with Crippen LogP contribution in [0.5, 0.6) is 0 Å². The summed E-state index contributed by atoms with van der Waals surface area (Å²) in [5.74, 6) is 0.157. The van der Waals surface area contributed by atoms with E-state index in [-0.39, 0.29) is 5.78 Å². The summed E-state index contributed by atoms with van der Waals surface area (Å²) in [6.45, 7) is 2.02. The number of pyridine rings is 1. The molecule has 3 aromatic rings. The Hall–Kier alpha value is -2.74. The van der Waals surface area contributed by atoms with Gasteiger partial charge < -0.3 is 0 Å². The van der Waals surface area contributed by atoms with Gasteiger partial charge in [0.15, 0.2) is 18.2 Å². The van der Waals surface area contributed by atoms with Crippen molar-refractivity contribution in [1.29, 1.82) is 0 Å². The number of ketones is 1. The number of nitrogens with zero attached hydrogens (tertiary/aromatic N) is 1. The molecule has 3 rings (SSSR count). The largest absolute Gasteiger partial charge is 0.293 e. The molecule has 1 aromatic heterocycles. The number of hydrogen-bond acceptors (Lipinski definition) is 1. The van der Waals surface area contributed by atoms with Crippen molar-refractivity contribution in [3.8, 4) is 0 Å². The topological polar surface area (TPSA) is 20.9 Å². The minimum absolute atomic E-state index is 0.157. The highest BCUT2D eigenvalue weighted by Crippen LogP contribution is 2.20. The van der Waals surface area contributed by atoms with Gasteiger partial charge >= 0.3 is 0 Å². The normalized spacial score (nSPS) is 11.1. The molecule has 0 aliphatic carbocycles. The molecule has 22 heavy (non-hydrogen) atoms. The molecule has 0 atom stereocenters. The van der Waals surface area contributed by atoms with Crippen LogP contribution in [0.3, 0.4) is 0 Å². The van der Waals surface area contributed by atoms with Gasteiger partial charge in [-0.1, -0.05) is 54.6 Å². The molecule has 0 unspecified atom stereocenters. The summed E-state index contributed by atoms with van der Waals surface area (Å²) < 4.78 is 1.89. The van der Waals surface area contributed by atoms with E-state index in [0.29, 0.717) is 6.54 Å². The van der Waals surface area contributed by atoms with Crippen LogP contribution in [0.4, 0.5) is 0 Å². The Bertz CT molecular complexity index is 826. The first kappa shape index (κ1) is 14.2. The Morgan fingerprint density at radius 3 is 2.45 bits per heavy atom. The van der Waals surface area contributed by atoms with E-state index in [4.69, 9.17) is 0 Å². The number of benzene rings is 2. The highest BCUT2D eigenvalue weighted by atomic mass is 16.1. The number of hydrogen-bond donors (Lipinski definition) is 0. The first-order chi connectivity index (χ1) is 10.7. The second kappa shape index (κ2) is 6.35. The van der Waals surface area contributed by atoms with Gasteiger partial charge in [-0.3, -0.25) is 4.79 Å². The zero-order valence-corrected chi connectivity index (χ0v) is 12.6. The lowest BCUT2D eigenvalue weighted by Gasteiger charge is -2.01. The van der Waals surface area contributed by atoms with Crippen LogP contribution in [0, 0.1) is 0 Å². The van der Waals surface area contributed by atoms with Crippen molar-refractivity contribution >= 4 is 28.7 Å². The molecule has 2 heteroatoms. The third-order valence-electron chi connectivity index (χ3n) is 3.60. The van der Waals surface area contributed by atoms with Gasteiger partial charge in [0.1, 0.15) is 0 Å². The van der Waals surface area contributed by atoms with Crippen molar-refractivity contribution in [2.45, 2.75) is 13.5 Å². The predicted octanol–water partition coefficient (Wildman–Crippen LogP) is 3.89. The summed E-state index contributed by atoms with van der Waals surface area (Å²) in [6.07, 6.45) is 8.10. The van der Waals surface area contributed by atoms with Crippen molar-refractivity contribution < 1.29 is 9.36 Å². The van der Waals surface area contributed by atoms with Crippen molar-refractivity contribution in [1.82, 2.24) is 0 Å². The number of rotatable bonds is 4. The number of Topliss-reactive ketones (excluding diaryl/α,β-unsaturated/α-hetero) is 1. The summed E-state index contributed by atoms with van der Waals surface area (Å²) in [4.78, 5) is 11.1. The van der Waals surface area contributed by atoms with Crippen LogP contribution in [0.25, 0.3) is 22.9 Å². The lowest BCUT2D eigenvalue weighted by molar-refractivity contribution is -0.684. The Balaban J connectivity index is 1.85. The van der Waals surface area contributed by atoms with Crippen molar-refractivity contribution in [3.63, 3.8) is 0 Å². The third-order valence-corrected chi connectivity index (χ3v) is 3.60. The number of aromatic nitrogens is 1. The standard InChI is InChI=1S/C20H18NO/c1-16(22)15-21-13-11-17(12-14-21)9-10-19-7-4-6-18-5-2-3-8-20(18)19/h2-14H,15H2,1H3/q+1/b10-9+. The average Bonchev–Trinajstić information content (AvgIpc) is 2.54. The fraction of sp³-hybridized carbons (Fsp3) is 0.100.